The first-order valence-electron chi connectivity index (χ1n) is 2.04. The molecule has 8 heavy (non-hydrogen) atoms. The predicted octanol–water partition coefficient (Wildman–Crippen LogP) is 1.59. The van der Waals surface area contributed by atoms with Gasteiger partial charge in [0.05, 0.1) is 0 Å². The fourth-order valence-corrected chi connectivity index (χ4v) is 0.717. The minimum atomic E-state index is 0.590. The number of hydrogen-bond donors (Lipinski definition) is 0. The minimum absolute atomic E-state index is 0.590. The number of hydrogen-bond acceptors (Lipinski definition) is 3. The number of nitriles is 1. The van der Waals surface area contributed by atoms with Crippen LogP contribution in [0.1, 0.15) is 0 Å². The van der Waals surface area contributed by atoms with Crippen LogP contribution in [0.2, 0.25) is 0 Å². The van der Waals surface area contributed by atoms with Crippen molar-refractivity contribution in [1.82, 2.24) is 0 Å². The van der Waals surface area contributed by atoms with Crippen molar-refractivity contribution in [3.63, 3.8) is 0 Å². The van der Waals surface area contributed by atoms with Crippen LogP contribution in [0.4, 0.5) is 0 Å². The number of nitrogens with zero attached hydrogens (tertiary/aromatic N) is 1. The lowest BCUT2D eigenvalue weighted by Crippen LogP contribution is -1.75. The highest BCUT2D eigenvalue weighted by Crippen LogP contribution is 2.19. The van der Waals surface area contributed by atoms with Gasteiger partial charge in [0.15, 0.2) is 0 Å². The maximum absolute atomic E-state index is 8.24. The Labute approximate surface area is 51.7 Å². The fourth-order valence-electron chi connectivity index (χ4n) is 0.322. The lowest BCUT2D eigenvalue weighted by Gasteiger charge is -1.97. The van der Waals surface area contributed by atoms with E-state index in [0.717, 1.165) is 12.0 Å². The zero-order chi connectivity index (χ0) is 5.82. The Bertz CT molecular complexity index is 177. The normalized spacial score (nSPS) is 16.1. The summed E-state index contributed by atoms with van der Waals surface area (Å²) in [6.07, 6.45) is 4.93. The van der Waals surface area contributed by atoms with Crippen LogP contribution in [0, 0.1) is 11.3 Å². The molecule has 0 saturated heterocycles. The van der Waals surface area contributed by atoms with E-state index in [1.54, 1.807) is 12.2 Å². The van der Waals surface area contributed by atoms with Crippen LogP contribution in [0.3, 0.4) is 0 Å². The summed E-state index contributed by atoms with van der Waals surface area (Å²) < 4.78 is 4.72. The van der Waals surface area contributed by atoms with Crippen LogP contribution in [0.5, 0.6) is 0 Å². The average molecular weight is 125 g/mol. The zero-order valence-corrected chi connectivity index (χ0v) is 4.81. The van der Waals surface area contributed by atoms with Gasteiger partial charge in [0.25, 0.3) is 0 Å². The molecule has 2 nitrogen and oxygen atoms in total. The molecule has 0 radical (unpaired) electrons. The molecular formula is C5H3NOS. The molecule has 1 heterocycles. The topological polar surface area (TPSA) is 33.0 Å². The van der Waals surface area contributed by atoms with E-state index in [4.69, 9.17) is 9.44 Å². The fraction of sp³-hybridized carbons (Fsp3) is 0. The maximum atomic E-state index is 8.24. The second-order valence-corrected chi connectivity index (χ2v) is 1.95. The third-order valence-electron chi connectivity index (χ3n) is 0.630. The van der Waals surface area contributed by atoms with E-state index in [9.17, 15) is 0 Å². The van der Waals surface area contributed by atoms with E-state index in [-0.39, 0.29) is 0 Å². The van der Waals surface area contributed by atoms with E-state index < -0.39 is 0 Å². The van der Waals surface area contributed by atoms with Gasteiger partial charge in [-0.3, -0.25) is 0 Å². The van der Waals surface area contributed by atoms with Crippen molar-refractivity contribution in [1.29, 1.82) is 5.26 Å². The molecule has 0 fully saturated rings. The average Bonchev–Trinajstić information content (AvgIpc) is 1.90. The van der Waals surface area contributed by atoms with E-state index in [1.807, 2.05) is 6.07 Å². The highest BCUT2D eigenvalue weighted by molar-refractivity contribution is 7.99. The van der Waals surface area contributed by atoms with Crippen molar-refractivity contribution in [3.05, 3.63) is 23.3 Å². The van der Waals surface area contributed by atoms with Gasteiger partial charge in [-0.1, -0.05) is 0 Å². The molecule has 0 aromatic heterocycles. The van der Waals surface area contributed by atoms with Crippen LogP contribution in [-0.4, -0.2) is 0 Å². The van der Waals surface area contributed by atoms with Gasteiger partial charge in [0.1, 0.15) is 29.3 Å². The Morgan fingerprint density at radius 2 is 2.62 bits per heavy atom. The molecule has 1 rings (SSSR count). The second kappa shape index (κ2) is 2.43. The zero-order valence-electron chi connectivity index (χ0n) is 4.00. The summed E-state index contributed by atoms with van der Waals surface area (Å²) in [5, 5.41) is 8.24. The quantitative estimate of drug-likeness (QED) is 0.461. The Kier molecular flexibility index (Phi) is 1.60. The lowest BCUT2D eigenvalue weighted by molar-refractivity contribution is 0.568. The molecular weight excluding hydrogens is 122 g/mol. The lowest BCUT2D eigenvalue weighted by atomic mass is 10.5. The predicted molar refractivity (Wildman–Crippen MR) is 31.5 cm³/mol. The molecule has 40 valence electrons. The van der Waals surface area contributed by atoms with Gasteiger partial charge in [-0.05, 0) is 12.2 Å². The molecule has 0 aromatic carbocycles. The van der Waals surface area contributed by atoms with Crippen LogP contribution < -0.4 is 0 Å². The highest BCUT2D eigenvalue weighted by atomic mass is 32.2. The van der Waals surface area contributed by atoms with Gasteiger partial charge >= 0.3 is 0 Å². The van der Waals surface area contributed by atoms with Crippen molar-refractivity contribution in [2.24, 2.45) is 0 Å². The Hall–Kier alpha value is -0.880. The maximum Gasteiger partial charge on any atom is 0.125 e. The van der Waals surface area contributed by atoms with Crippen LogP contribution in [0.25, 0.3) is 0 Å². The molecule has 0 spiro atoms. The van der Waals surface area contributed by atoms with Crippen LogP contribution in [0.15, 0.2) is 23.3 Å². The van der Waals surface area contributed by atoms with Gasteiger partial charge in [-0.2, -0.15) is 5.26 Å². The first-order chi connectivity index (χ1) is 3.93. The standard InChI is InChI=1S/C5H3NOS/c6-4-5-2-1-3-7-8-5/h1-3H. The molecule has 1 aliphatic heterocycles. The van der Waals surface area contributed by atoms with E-state index in [0.29, 0.717) is 4.91 Å². The second-order valence-electron chi connectivity index (χ2n) is 1.15. The van der Waals surface area contributed by atoms with Gasteiger partial charge < -0.3 is 4.18 Å². The summed E-state index contributed by atoms with van der Waals surface area (Å²) >= 11 is 1.08. The Balaban J connectivity index is 2.67. The summed E-state index contributed by atoms with van der Waals surface area (Å²) in [7, 11) is 0. The van der Waals surface area contributed by atoms with E-state index >= 15 is 0 Å². The van der Waals surface area contributed by atoms with Gasteiger partial charge in [-0.25, -0.2) is 0 Å². The Morgan fingerprint density at radius 3 is 3.00 bits per heavy atom. The monoisotopic (exact) mass is 125 g/mol. The third-order valence-corrected chi connectivity index (χ3v) is 1.24. The summed E-state index contributed by atoms with van der Waals surface area (Å²) in [6, 6.07) is 1.95. The van der Waals surface area contributed by atoms with Crippen molar-refractivity contribution >= 4 is 12.0 Å². The van der Waals surface area contributed by atoms with Crippen molar-refractivity contribution < 1.29 is 4.18 Å². The molecule has 3 heteroatoms. The molecule has 0 N–H and O–H groups in total. The van der Waals surface area contributed by atoms with Crippen LogP contribution in [-0.2, 0) is 4.18 Å². The molecule has 0 saturated carbocycles. The number of rotatable bonds is 0. The van der Waals surface area contributed by atoms with Crippen molar-refractivity contribution in [2.45, 2.75) is 0 Å². The molecule has 1 aliphatic rings. The van der Waals surface area contributed by atoms with E-state index in [1.165, 1.54) is 6.26 Å². The van der Waals surface area contributed by atoms with Gasteiger partial charge in [-0.15, -0.1) is 0 Å². The van der Waals surface area contributed by atoms with Gasteiger partial charge in [0, 0.05) is 0 Å². The van der Waals surface area contributed by atoms with E-state index in [2.05, 4.69) is 0 Å². The molecule has 0 atom stereocenters. The summed E-state index contributed by atoms with van der Waals surface area (Å²) in [5.41, 5.74) is 0. The first-order valence-corrected chi connectivity index (χ1v) is 2.78. The molecule has 0 bridgehead atoms. The summed E-state index contributed by atoms with van der Waals surface area (Å²) in [5.74, 6) is 0. The van der Waals surface area contributed by atoms with Crippen molar-refractivity contribution in [2.75, 3.05) is 0 Å². The van der Waals surface area contributed by atoms with Gasteiger partial charge in [0.2, 0.25) is 0 Å². The smallest absolute Gasteiger partial charge is 0.125 e. The highest BCUT2D eigenvalue weighted by Gasteiger charge is 1.96. The summed E-state index contributed by atoms with van der Waals surface area (Å²) in [6.45, 7) is 0. The SMILES string of the molecule is N#CC1=CC=COS1. The molecule has 0 amide bonds. The minimum Gasteiger partial charge on any atom is -0.428 e. The first kappa shape index (κ1) is 5.26. The Morgan fingerprint density at radius 1 is 1.75 bits per heavy atom. The number of allylic oxidation sites excluding steroid dienone is 3. The molecule has 0 aromatic rings. The van der Waals surface area contributed by atoms with Crippen LogP contribution >= 0.6 is 12.0 Å². The summed E-state index contributed by atoms with van der Waals surface area (Å²) in [4.78, 5) is 0.590. The molecule has 0 aliphatic carbocycles. The largest absolute Gasteiger partial charge is 0.428 e. The molecule has 0 unspecified atom stereocenters. The van der Waals surface area contributed by atoms with Crippen molar-refractivity contribution in [3.8, 4) is 6.07 Å². The third kappa shape index (κ3) is 1.04.